The molecule has 2 bridgehead atoms. The molecule has 0 radical (unpaired) electrons. The zero-order valence-electron chi connectivity index (χ0n) is 11.8. The number of hydrogen-bond acceptors (Lipinski definition) is 2. The molecule has 1 aromatic carbocycles. The third-order valence-corrected chi connectivity index (χ3v) is 5.48. The second-order valence-electron chi connectivity index (χ2n) is 6.21. The van der Waals surface area contributed by atoms with Crippen molar-refractivity contribution in [2.75, 3.05) is 6.54 Å². The van der Waals surface area contributed by atoms with E-state index >= 15 is 0 Å². The van der Waals surface area contributed by atoms with Crippen LogP contribution in [0.3, 0.4) is 0 Å². The van der Waals surface area contributed by atoms with Gasteiger partial charge in [-0.15, -0.1) is 0 Å². The van der Waals surface area contributed by atoms with Gasteiger partial charge in [-0.25, -0.2) is 4.39 Å². The summed E-state index contributed by atoms with van der Waals surface area (Å²) in [6.45, 7) is 0.451. The van der Waals surface area contributed by atoms with Gasteiger partial charge in [-0.3, -0.25) is 4.79 Å². The van der Waals surface area contributed by atoms with Crippen LogP contribution < -0.4 is 11.1 Å². The summed E-state index contributed by atoms with van der Waals surface area (Å²) in [5.74, 6) is 0.742. The summed E-state index contributed by atoms with van der Waals surface area (Å²) in [6.07, 6.45) is 3.88. The van der Waals surface area contributed by atoms with E-state index in [1.807, 2.05) is 0 Å². The van der Waals surface area contributed by atoms with Crippen LogP contribution in [-0.2, 0) is 11.2 Å². The highest BCUT2D eigenvalue weighted by Gasteiger charge is 2.48. The van der Waals surface area contributed by atoms with Gasteiger partial charge in [0, 0.05) is 17.1 Å². The minimum Gasteiger partial charge on any atom is -0.355 e. The largest absolute Gasteiger partial charge is 0.355 e. The topological polar surface area (TPSA) is 55.1 Å². The molecule has 4 unspecified atom stereocenters. The molecular formula is C16H20BrFN2O. The van der Waals surface area contributed by atoms with E-state index in [0.717, 1.165) is 17.3 Å². The van der Waals surface area contributed by atoms with Crippen LogP contribution >= 0.6 is 15.9 Å². The molecule has 0 spiro atoms. The smallest absolute Gasteiger partial charge is 0.224 e. The fraction of sp³-hybridized carbons (Fsp3) is 0.562. The van der Waals surface area contributed by atoms with E-state index < -0.39 is 0 Å². The summed E-state index contributed by atoms with van der Waals surface area (Å²) in [7, 11) is 0. The number of halogens is 2. The van der Waals surface area contributed by atoms with Crippen LogP contribution in [0.25, 0.3) is 0 Å². The third kappa shape index (κ3) is 2.99. The van der Waals surface area contributed by atoms with Crippen molar-refractivity contribution in [1.29, 1.82) is 0 Å². The average Bonchev–Trinajstić information content (AvgIpc) is 3.03. The molecule has 4 atom stereocenters. The highest BCUT2D eigenvalue weighted by Crippen LogP contribution is 2.47. The lowest BCUT2D eigenvalue weighted by molar-refractivity contribution is -0.127. The Morgan fingerprint density at radius 2 is 2.14 bits per heavy atom. The van der Waals surface area contributed by atoms with Gasteiger partial charge in [0.2, 0.25) is 5.91 Å². The molecule has 21 heavy (non-hydrogen) atoms. The third-order valence-electron chi connectivity index (χ3n) is 4.98. The van der Waals surface area contributed by atoms with Crippen LogP contribution in [0, 0.1) is 23.6 Å². The van der Waals surface area contributed by atoms with Crippen LogP contribution in [-0.4, -0.2) is 18.5 Å². The minimum atomic E-state index is -0.232. The number of benzene rings is 1. The predicted molar refractivity (Wildman–Crippen MR) is 83.1 cm³/mol. The highest BCUT2D eigenvalue weighted by atomic mass is 79.9. The number of hydrogen-bond donors (Lipinski definition) is 2. The maximum atomic E-state index is 13.6. The van der Waals surface area contributed by atoms with Gasteiger partial charge in [0.25, 0.3) is 0 Å². The second kappa shape index (κ2) is 6.05. The van der Waals surface area contributed by atoms with Crippen LogP contribution in [0.4, 0.5) is 4.39 Å². The molecule has 3 nitrogen and oxygen atoms in total. The maximum Gasteiger partial charge on any atom is 0.224 e. The highest BCUT2D eigenvalue weighted by molar-refractivity contribution is 9.10. The summed E-state index contributed by atoms with van der Waals surface area (Å²) < 4.78 is 14.5. The van der Waals surface area contributed by atoms with Gasteiger partial charge in [-0.1, -0.05) is 15.9 Å². The molecule has 2 saturated carbocycles. The summed E-state index contributed by atoms with van der Waals surface area (Å²) >= 11 is 3.33. The quantitative estimate of drug-likeness (QED) is 0.873. The van der Waals surface area contributed by atoms with E-state index in [1.165, 1.54) is 12.5 Å². The van der Waals surface area contributed by atoms with Crippen molar-refractivity contribution in [1.82, 2.24) is 5.32 Å². The number of rotatable bonds is 4. The number of nitrogens with two attached hydrogens (primary N) is 1. The molecule has 0 aromatic heterocycles. The Morgan fingerprint density at radius 3 is 2.86 bits per heavy atom. The summed E-state index contributed by atoms with van der Waals surface area (Å²) in [5.41, 5.74) is 6.78. The zero-order valence-corrected chi connectivity index (χ0v) is 13.4. The maximum absolute atomic E-state index is 13.6. The van der Waals surface area contributed by atoms with Crippen molar-refractivity contribution in [3.8, 4) is 0 Å². The Kier molecular flexibility index (Phi) is 4.31. The van der Waals surface area contributed by atoms with E-state index in [1.54, 1.807) is 12.1 Å². The Balaban J connectivity index is 1.54. The van der Waals surface area contributed by atoms with Gasteiger partial charge in [-0.2, -0.15) is 0 Å². The molecule has 114 valence electrons. The number of carbonyl (C=O) groups excluding carboxylic acids is 1. The van der Waals surface area contributed by atoms with Gasteiger partial charge < -0.3 is 11.1 Å². The van der Waals surface area contributed by atoms with Crippen LogP contribution in [0.2, 0.25) is 0 Å². The van der Waals surface area contributed by atoms with Crippen molar-refractivity contribution < 1.29 is 9.18 Å². The van der Waals surface area contributed by atoms with E-state index in [-0.39, 0.29) is 23.7 Å². The first kappa shape index (κ1) is 15.0. The van der Waals surface area contributed by atoms with Crippen LogP contribution in [0.1, 0.15) is 24.8 Å². The Morgan fingerprint density at radius 1 is 1.38 bits per heavy atom. The van der Waals surface area contributed by atoms with E-state index in [2.05, 4.69) is 21.2 Å². The molecule has 3 N–H and O–H groups in total. The minimum absolute atomic E-state index is 0.00589. The molecule has 5 heteroatoms. The van der Waals surface area contributed by atoms with Gasteiger partial charge in [-0.05, 0) is 61.3 Å². The first-order valence-electron chi connectivity index (χ1n) is 7.53. The van der Waals surface area contributed by atoms with Gasteiger partial charge in [0.05, 0.1) is 5.92 Å². The predicted octanol–water partition coefficient (Wildman–Crippen LogP) is 2.62. The average molecular weight is 355 g/mol. The number of nitrogens with one attached hydrogen (secondary N) is 1. The fourth-order valence-corrected chi connectivity index (χ4v) is 4.31. The normalized spacial score (nSPS) is 30.6. The molecule has 0 aliphatic heterocycles. The molecule has 3 rings (SSSR count). The first-order chi connectivity index (χ1) is 10.1. The Bertz CT molecular complexity index is 549. The van der Waals surface area contributed by atoms with Crippen molar-refractivity contribution in [2.45, 2.75) is 31.7 Å². The first-order valence-corrected chi connectivity index (χ1v) is 8.33. The SMILES string of the molecule is NC1C2CCC(C2)C1C(=O)NCCc1cc(Br)ccc1F. The van der Waals surface area contributed by atoms with Gasteiger partial charge >= 0.3 is 0 Å². The molecule has 1 amide bonds. The van der Waals surface area contributed by atoms with E-state index in [9.17, 15) is 9.18 Å². The monoisotopic (exact) mass is 354 g/mol. The lowest BCUT2D eigenvalue weighted by Crippen LogP contribution is -2.45. The lowest BCUT2D eigenvalue weighted by Gasteiger charge is -2.27. The summed E-state index contributed by atoms with van der Waals surface area (Å²) in [5, 5.41) is 2.93. The van der Waals surface area contributed by atoms with Crippen molar-refractivity contribution in [2.24, 2.45) is 23.5 Å². The molecule has 2 fully saturated rings. The van der Waals surface area contributed by atoms with Gasteiger partial charge in [0.1, 0.15) is 5.82 Å². The standard InChI is InChI=1S/C16H20BrFN2O/c17-12-3-4-13(18)9(8-12)5-6-20-16(21)14-10-1-2-11(7-10)15(14)19/h3-4,8,10-11,14-15H,1-2,5-7,19H2,(H,20,21). The molecule has 1 aromatic rings. The fourth-order valence-electron chi connectivity index (χ4n) is 3.90. The van der Waals surface area contributed by atoms with Crippen molar-refractivity contribution in [3.63, 3.8) is 0 Å². The van der Waals surface area contributed by atoms with Crippen LogP contribution in [0.15, 0.2) is 22.7 Å². The lowest BCUT2D eigenvalue weighted by atomic mass is 9.84. The summed E-state index contributed by atoms with van der Waals surface area (Å²) in [6, 6.07) is 4.87. The Labute approximate surface area is 132 Å². The second-order valence-corrected chi connectivity index (χ2v) is 7.13. The molecule has 2 aliphatic rings. The van der Waals surface area contributed by atoms with E-state index in [0.29, 0.717) is 30.4 Å². The Hall–Kier alpha value is -0.940. The molecule has 0 heterocycles. The zero-order chi connectivity index (χ0) is 15.0. The molecule has 2 aliphatic carbocycles. The number of fused-ring (bicyclic) bond motifs is 2. The number of carbonyl (C=O) groups is 1. The van der Waals surface area contributed by atoms with Crippen molar-refractivity contribution >= 4 is 21.8 Å². The molecular weight excluding hydrogens is 335 g/mol. The van der Waals surface area contributed by atoms with Crippen LogP contribution in [0.5, 0.6) is 0 Å². The number of amides is 1. The van der Waals surface area contributed by atoms with Gasteiger partial charge in [0.15, 0.2) is 0 Å². The summed E-state index contributed by atoms with van der Waals surface area (Å²) in [4.78, 5) is 12.3. The van der Waals surface area contributed by atoms with E-state index in [4.69, 9.17) is 5.73 Å². The van der Waals surface area contributed by atoms with Crippen molar-refractivity contribution in [3.05, 3.63) is 34.1 Å². The molecule has 0 saturated heterocycles.